The smallest absolute Gasteiger partial charge is 0.0443 e. The molecule has 2 heteroatoms. The van der Waals surface area contributed by atoms with Crippen molar-refractivity contribution in [2.24, 2.45) is 0 Å². The molecule has 0 aliphatic carbocycles. The lowest BCUT2D eigenvalue weighted by Gasteiger charge is -2.00. The number of hydrogen-bond donors (Lipinski definition) is 2. The first-order valence-electron chi connectivity index (χ1n) is 4.23. The molecule has 2 N–H and O–H groups in total. The second-order valence-corrected chi connectivity index (χ2v) is 2.53. The van der Waals surface area contributed by atoms with Gasteiger partial charge in [0.25, 0.3) is 0 Å². The average Bonchev–Trinajstić information content (AvgIpc) is 1.97. The van der Waals surface area contributed by atoms with Crippen LogP contribution in [0.5, 0.6) is 0 Å². The van der Waals surface area contributed by atoms with Crippen molar-refractivity contribution < 1.29 is 5.11 Å². The Labute approximate surface area is 63.6 Å². The van der Waals surface area contributed by atoms with Gasteiger partial charge >= 0.3 is 0 Å². The summed E-state index contributed by atoms with van der Waals surface area (Å²) in [5.74, 6) is 0. The Morgan fingerprint density at radius 2 is 1.80 bits per heavy atom. The second-order valence-electron chi connectivity index (χ2n) is 2.53. The van der Waals surface area contributed by atoms with E-state index in [4.69, 9.17) is 5.11 Å². The van der Waals surface area contributed by atoms with Crippen molar-refractivity contribution in [3.8, 4) is 0 Å². The van der Waals surface area contributed by atoms with Gasteiger partial charge in [-0.2, -0.15) is 0 Å². The fraction of sp³-hybridized carbons (Fsp3) is 1.00. The molecular weight excluding hydrogens is 126 g/mol. The highest BCUT2D eigenvalue weighted by Crippen LogP contribution is 1.90. The fourth-order valence-electron chi connectivity index (χ4n) is 0.829. The molecule has 2 nitrogen and oxygen atoms in total. The Morgan fingerprint density at radius 3 is 2.40 bits per heavy atom. The van der Waals surface area contributed by atoms with E-state index in [-0.39, 0.29) is 0 Å². The molecule has 0 radical (unpaired) electrons. The lowest BCUT2D eigenvalue weighted by molar-refractivity contribution is 0.286. The first-order valence-corrected chi connectivity index (χ1v) is 4.23. The molecule has 0 unspecified atom stereocenters. The molecule has 0 saturated heterocycles. The zero-order valence-corrected chi connectivity index (χ0v) is 6.90. The van der Waals surface area contributed by atoms with Gasteiger partial charge in [0.2, 0.25) is 0 Å². The second kappa shape index (κ2) is 8.92. The number of rotatable bonds is 7. The third-order valence-corrected chi connectivity index (χ3v) is 1.47. The Bertz CT molecular complexity index is 49.2. The third-order valence-electron chi connectivity index (χ3n) is 1.47. The summed E-state index contributed by atoms with van der Waals surface area (Å²) in [6, 6.07) is 0. The van der Waals surface area contributed by atoms with Crippen LogP contribution in [0, 0.1) is 0 Å². The molecule has 0 heterocycles. The molecule has 0 amide bonds. The van der Waals surface area contributed by atoms with Gasteiger partial charge in [-0.05, 0) is 25.9 Å². The molecule has 0 aromatic rings. The van der Waals surface area contributed by atoms with Crippen molar-refractivity contribution in [3.63, 3.8) is 0 Å². The topological polar surface area (TPSA) is 32.3 Å². The molecule has 10 heavy (non-hydrogen) atoms. The summed E-state index contributed by atoms with van der Waals surface area (Å²) in [5.41, 5.74) is 0. The standard InChI is InChI=1S/C8H19NO/c1-2-3-4-6-9-7-5-8-10/h9-10H,2-8H2,1H3. The largest absolute Gasteiger partial charge is 0.396 e. The molecule has 62 valence electrons. The third kappa shape index (κ3) is 7.92. The van der Waals surface area contributed by atoms with Crippen molar-refractivity contribution in [2.75, 3.05) is 19.7 Å². The van der Waals surface area contributed by atoms with Crippen LogP contribution in [0.2, 0.25) is 0 Å². The first-order chi connectivity index (χ1) is 4.91. The highest BCUT2D eigenvalue weighted by Gasteiger charge is 1.85. The van der Waals surface area contributed by atoms with E-state index in [0.29, 0.717) is 6.61 Å². The zero-order chi connectivity index (χ0) is 7.66. The maximum absolute atomic E-state index is 8.43. The highest BCUT2D eigenvalue weighted by molar-refractivity contribution is 4.46. The van der Waals surface area contributed by atoms with Crippen molar-refractivity contribution in [2.45, 2.75) is 32.6 Å². The molecule has 0 fully saturated rings. The number of nitrogens with one attached hydrogen (secondary N) is 1. The maximum atomic E-state index is 8.43. The summed E-state index contributed by atoms with van der Waals surface area (Å²) in [4.78, 5) is 0. The van der Waals surface area contributed by atoms with Crippen LogP contribution < -0.4 is 5.32 Å². The van der Waals surface area contributed by atoms with Gasteiger partial charge in [0.1, 0.15) is 0 Å². The van der Waals surface area contributed by atoms with E-state index in [2.05, 4.69) is 12.2 Å². The van der Waals surface area contributed by atoms with Gasteiger partial charge in [-0.25, -0.2) is 0 Å². The van der Waals surface area contributed by atoms with Crippen LogP contribution in [0.25, 0.3) is 0 Å². The van der Waals surface area contributed by atoms with Crippen LogP contribution in [0.3, 0.4) is 0 Å². The minimum atomic E-state index is 0.306. The van der Waals surface area contributed by atoms with E-state index >= 15 is 0 Å². The molecule has 0 rings (SSSR count). The molecule has 0 spiro atoms. The minimum absolute atomic E-state index is 0.306. The van der Waals surface area contributed by atoms with Crippen molar-refractivity contribution in [3.05, 3.63) is 0 Å². The van der Waals surface area contributed by atoms with Crippen LogP contribution in [0.4, 0.5) is 0 Å². The molecule has 0 aromatic heterocycles. The van der Waals surface area contributed by atoms with E-state index in [9.17, 15) is 0 Å². The predicted molar refractivity (Wildman–Crippen MR) is 44.1 cm³/mol. The van der Waals surface area contributed by atoms with Gasteiger partial charge < -0.3 is 10.4 Å². The molecular formula is C8H19NO. The van der Waals surface area contributed by atoms with Gasteiger partial charge in [-0.1, -0.05) is 19.8 Å². The van der Waals surface area contributed by atoms with Crippen LogP contribution in [0.1, 0.15) is 32.6 Å². The predicted octanol–water partition coefficient (Wildman–Crippen LogP) is 1.15. The van der Waals surface area contributed by atoms with Gasteiger partial charge in [0, 0.05) is 6.61 Å². The number of unbranched alkanes of at least 4 members (excludes halogenated alkanes) is 2. The molecule has 0 saturated carbocycles. The Hall–Kier alpha value is -0.0800. The Kier molecular flexibility index (Phi) is 8.85. The van der Waals surface area contributed by atoms with Gasteiger partial charge in [0.15, 0.2) is 0 Å². The van der Waals surface area contributed by atoms with Gasteiger partial charge in [0.05, 0.1) is 0 Å². The fourth-order valence-corrected chi connectivity index (χ4v) is 0.829. The van der Waals surface area contributed by atoms with E-state index in [0.717, 1.165) is 19.5 Å². The SMILES string of the molecule is CCCCCNCCCO. The van der Waals surface area contributed by atoms with E-state index in [1.54, 1.807) is 0 Å². The van der Waals surface area contributed by atoms with Crippen LogP contribution in [-0.2, 0) is 0 Å². The number of hydrogen-bond acceptors (Lipinski definition) is 2. The van der Waals surface area contributed by atoms with Gasteiger partial charge in [-0.3, -0.25) is 0 Å². The van der Waals surface area contributed by atoms with Crippen LogP contribution in [0.15, 0.2) is 0 Å². The first kappa shape index (κ1) is 9.92. The van der Waals surface area contributed by atoms with Crippen molar-refractivity contribution in [1.29, 1.82) is 0 Å². The molecule has 0 bridgehead atoms. The number of aliphatic hydroxyl groups is 1. The highest BCUT2D eigenvalue weighted by atomic mass is 16.3. The summed E-state index contributed by atoms with van der Waals surface area (Å²) in [7, 11) is 0. The summed E-state index contributed by atoms with van der Waals surface area (Å²) in [6.45, 7) is 4.57. The summed E-state index contributed by atoms with van der Waals surface area (Å²) >= 11 is 0. The van der Waals surface area contributed by atoms with Gasteiger partial charge in [-0.15, -0.1) is 0 Å². The van der Waals surface area contributed by atoms with Crippen LogP contribution >= 0.6 is 0 Å². The Balaban J connectivity index is 2.65. The molecule has 0 aliphatic rings. The van der Waals surface area contributed by atoms with Crippen molar-refractivity contribution >= 4 is 0 Å². The number of aliphatic hydroxyl groups excluding tert-OH is 1. The van der Waals surface area contributed by atoms with Crippen molar-refractivity contribution in [1.82, 2.24) is 5.32 Å². The Morgan fingerprint density at radius 1 is 1.10 bits per heavy atom. The van der Waals surface area contributed by atoms with E-state index < -0.39 is 0 Å². The van der Waals surface area contributed by atoms with E-state index in [1.807, 2.05) is 0 Å². The summed E-state index contributed by atoms with van der Waals surface area (Å²) in [5, 5.41) is 11.7. The monoisotopic (exact) mass is 145 g/mol. The molecule has 0 aromatic carbocycles. The van der Waals surface area contributed by atoms with Crippen LogP contribution in [-0.4, -0.2) is 24.8 Å². The maximum Gasteiger partial charge on any atom is 0.0443 e. The minimum Gasteiger partial charge on any atom is -0.396 e. The quantitative estimate of drug-likeness (QED) is 0.527. The molecule has 0 atom stereocenters. The van der Waals surface area contributed by atoms with E-state index in [1.165, 1.54) is 19.3 Å². The average molecular weight is 145 g/mol. The molecule has 0 aliphatic heterocycles. The lowest BCUT2D eigenvalue weighted by Crippen LogP contribution is -2.17. The normalized spacial score (nSPS) is 10.2. The summed E-state index contributed by atoms with van der Waals surface area (Å²) < 4.78 is 0. The zero-order valence-electron chi connectivity index (χ0n) is 6.90. The lowest BCUT2D eigenvalue weighted by atomic mass is 10.2. The summed E-state index contributed by atoms with van der Waals surface area (Å²) in [6.07, 6.45) is 4.74.